The zero-order chi connectivity index (χ0) is 24.2. The van der Waals surface area contributed by atoms with Gasteiger partial charge in [-0.3, -0.25) is 4.79 Å². The molecule has 2 unspecified atom stereocenters. The molecule has 0 bridgehead atoms. The monoisotopic (exact) mass is 454 g/mol. The number of carbonyl (C=O) groups is 2. The van der Waals surface area contributed by atoms with E-state index in [0.717, 1.165) is 51.4 Å². The molecule has 1 N–H and O–H groups in total. The number of aldehydes is 1. The molecule has 0 aromatic carbocycles. The Bertz CT molecular complexity index is 918. The van der Waals surface area contributed by atoms with Crippen LogP contribution in [0.25, 0.3) is 0 Å². The van der Waals surface area contributed by atoms with E-state index >= 15 is 0 Å². The van der Waals surface area contributed by atoms with Gasteiger partial charge in [-0.15, -0.1) is 0 Å². The van der Waals surface area contributed by atoms with Crippen molar-refractivity contribution in [2.45, 2.75) is 112 Å². The summed E-state index contributed by atoms with van der Waals surface area (Å²) < 4.78 is 0. The minimum atomic E-state index is -0.279. The average Bonchev–Trinajstić information content (AvgIpc) is 2.74. The van der Waals surface area contributed by atoms with Gasteiger partial charge >= 0.3 is 0 Å². The van der Waals surface area contributed by atoms with Crippen LogP contribution in [0.2, 0.25) is 0 Å². The minimum absolute atomic E-state index is 0.00503. The van der Waals surface area contributed by atoms with Crippen LogP contribution in [0.15, 0.2) is 11.6 Å². The van der Waals surface area contributed by atoms with Gasteiger partial charge in [-0.1, -0.05) is 54.0 Å². The summed E-state index contributed by atoms with van der Waals surface area (Å²) in [5.74, 6) is 1.06. The fourth-order valence-electron chi connectivity index (χ4n) is 10.3. The van der Waals surface area contributed by atoms with Crippen molar-refractivity contribution in [2.75, 3.05) is 0 Å². The van der Waals surface area contributed by atoms with Gasteiger partial charge < -0.3 is 9.90 Å². The van der Waals surface area contributed by atoms with Crippen LogP contribution < -0.4 is 0 Å². The second-order valence-corrected chi connectivity index (χ2v) is 14.8. The third-order valence-corrected chi connectivity index (χ3v) is 12.9. The predicted molar refractivity (Wildman–Crippen MR) is 131 cm³/mol. The van der Waals surface area contributed by atoms with Crippen molar-refractivity contribution in [1.82, 2.24) is 0 Å². The second kappa shape index (κ2) is 6.83. The number of fused-ring (bicyclic) bond motifs is 7. The molecule has 3 heteroatoms. The van der Waals surface area contributed by atoms with Gasteiger partial charge in [0.05, 0.1) is 6.10 Å². The van der Waals surface area contributed by atoms with Crippen LogP contribution in [0.4, 0.5) is 0 Å². The zero-order valence-electron chi connectivity index (χ0n) is 22.1. The number of aliphatic hydroxyl groups excluding tert-OH is 1. The van der Waals surface area contributed by atoms with Crippen molar-refractivity contribution in [2.24, 2.45) is 50.2 Å². The summed E-state index contributed by atoms with van der Waals surface area (Å²) in [7, 11) is 0. The molecule has 0 aromatic rings. The molecule has 0 spiro atoms. The lowest BCUT2D eigenvalue weighted by atomic mass is 9.33. The lowest BCUT2D eigenvalue weighted by Crippen LogP contribution is -2.66. The Hall–Kier alpha value is -0.960. The molecule has 33 heavy (non-hydrogen) atoms. The smallest absolute Gasteiger partial charge is 0.159 e. The number of hydrogen-bond donors (Lipinski definition) is 1. The van der Waals surface area contributed by atoms with E-state index in [1.54, 1.807) is 0 Å². The fourth-order valence-corrected chi connectivity index (χ4v) is 10.3. The molecule has 0 radical (unpaired) electrons. The van der Waals surface area contributed by atoms with Crippen molar-refractivity contribution in [3.63, 3.8) is 0 Å². The van der Waals surface area contributed by atoms with Gasteiger partial charge in [-0.25, -0.2) is 0 Å². The predicted octanol–water partition coefficient (Wildman–Crippen LogP) is 6.53. The molecule has 5 aliphatic carbocycles. The maximum atomic E-state index is 14.2. The Balaban J connectivity index is 1.63. The summed E-state index contributed by atoms with van der Waals surface area (Å²) in [6, 6.07) is 0. The van der Waals surface area contributed by atoms with E-state index in [-0.39, 0.29) is 44.5 Å². The minimum Gasteiger partial charge on any atom is -0.393 e. The summed E-state index contributed by atoms with van der Waals surface area (Å²) in [5, 5.41) is 10.9. The highest BCUT2D eigenvalue weighted by Crippen LogP contribution is 2.75. The SMILES string of the molecule is CC1(C=O)CC[C@]2(C)CC[C@]3(C)C(=CC(=O)[C@@H]4[C@@]5(C)CC[C@H](O)C(C)(C)C5CC[C@]43C)[C@@H]2C1. The molecule has 0 heterocycles. The number of aliphatic hydroxyl groups is 1. The highest BCUT2D eigenvalue weighted by Gasteiger charge is 2.70. The lowest BCUT2D eigenvalue weighted by Gasteiger charge is -2.70. The van der Waals surface area contributed by atoms with Crippen molar-refractivity contribution in [1.29, 1.82) is 0 Å². The van der Waals surface area contributed by atoms with Crippen LogP contribution in [-0.2, 0) is 9.59 Å². The van der Waals surface area contributed by atoms with E-state index < -0.39 is 0 Å². The van der Waals surface area contributed by atoms with E-state index in [1.165, 1.54) is 18.3 Å². The maximum Gasteiger partial charge on any atom is 0.159 e. The van der Waals surface area contributed by atoms with Gasteiger partial charge in [0.2, 0.25) is 0 Å². The van der Waals surface area contributed by atoms with Crippen LogP contribution in [0.3, 0.4) is 0 Å². The molecule has 4 saturated carbocycles. The highest BCUT2D eigenvalue weighted by atomic mass is 16.3. The molecule has 9 atom stereocenters. The largest absolute Gasteiger partial charge is 0.393 e. The summed E-state index contributed by atoms with van der Waals surface area (Å²) in [6.07, 6.45) is 12.2. The molecule has 184 valence electrons. The number of allylic oxidation sites excluding steroid dienone is 2. The van der Waals surface area contributed by atoms with Gasteiger partial charge in [-0.05, 0) is 103 Å². The molecular formula is C30H46O3. The van der Waals surface area contributed by atoms with Gasteiger partial charge in [-0.2, -0.15) is 0 Å². The van der Waals surface area contributed by atoms with E-state index in [0.29, 0.717) is 17.6 Å². The van der Waals surface area contributed by atoms with Crippen LogP contribution >= 0.6 is 0 Å². The molecule has 4 fully saturated rings. The van der Waals surface area contributed by atoms with Crippen LogP contribution in [0.5, 0.6) is 0 Å². The van der Waals surface area contributed by atoms with Crippen LogP contribution in [0.1, 0.15) is 106 Å². The first-order valence-corrected chi connectivity index (χ1v) is 13.6. The fraction of sp³-hybridized carbons (Fsp3) is 0.867. The molecule has 0 aliphatic heterocycles. The van der Waals surface area contributed by atoms with Crippen LogP contribution in [0, 0.1) is 50.2 Å². The first kappa shape index (κ1) is 23.8. The summed E-state index contributed by atoms with van der Waals surface area (Å²) >= 11 is 0. The Morgan fingerprint density at radius 2 is 1.58 bits per heavy atom. The summed E-state index contributed by atoms with van der Waals surface area (Å²) in [6.45, 7) is 16.3. The standard InChI is InChI=1S/C30H46O3/c1-25(2)22-8-11-30(7)24(28(22,5)10-9-23(25)33)21(32)16-19-20-17-26(3,18-31)12-13-27(20,4)14-15-29(19,30)6/h16,18,20,22-24,33H,8-15,17H2,1-7H3/t20-,22?,23-,24+,26?,27+,28-,29+,30+/m0/s1. The summed E-state index contributed by atoms with van der Waals surface area (Å²) in [5.41, 5.74) is 1.04. The molecule has 0 aromatic heterocycles. The van der Waals surface area contributed by atoms with Crippen molar-refractivity contribution < 1.29 is 14.7 Å². The summed E-state index contributed by atoms with van der Waals surface area (Å²) in [4.78, 5) is 26.2. The first-order valence-electron chi connectivity index (χ1n) is 13.6. The second-order valence-electron chi connectivity index (χ2n) is 14.8. The van der Waals surface area contributed by atoms with E-state index in [2.05, 4.69) is 54.5 Å². The number of carbonyl (C=O) groups excluding carboxylic acids is 2. The third-order valence-electron chi connectivity index (χ3n) is 12.9. The Morgan fingerprint density at radius 1 is 0.909 bits per heavy atom. The molecular weight excluding hydrogens is 408 g/mol. The topological polar surface area (TPSA) is 54.4 Å². The molecule has 0 saturated heterocycles. The van der Waals surface area contributed by atoms with E-state index in [4.69, 9.17) is 0 Å². The maximum absolute atomic E-state index is 14.2. The quantitative estimate of drug-likeness (QED) is 0.458. The Labute approximate surface area is 201 Å². The van der Waals surface area contributed by atoms with Gasteiger partial charge in [0.1, 0.15) is 6.29 Å². The molecule has 5 aliphatic rings. The number of ketones is 1. The average molecular weight is 455 g/mol. The van der Waals surface area contributed by atoms with Crippen molar-refractivity contribution >= 4 is 12.1 Å². The lowest BCUT2D eigenvalue weighted by molar-refractivity contribution is -0.202. The van der Waals surface area contributed by atoms with Gasteiger partial charge in [0, 0.05) is 11.3 Å². The Kier molecular flexibility index (Phi) is 4.92. The normalized spacial score (nSPS) is 55.4. The van der Waals surface area contributed by atoms with Gasteiger partial charge in [0.25, 0.3) is 0 Å². The van der Waals surface area contributed by atoms with E-state index in [9.17, 15) is 14.7 Å². The third kappa shape index (κ3) is 2.84. The van der Waals surface area contributed by atoms with Crippen molar-refractivity contribution in [3.05, 3.63) is 11.6 Å². The first-order chi connectivity index (χ1) is 15.2. The highest BCUT2D eigenvalue weighted by molar-refractivity contribution is 5.95. The number of rotatable bonds is 1. The molecule has 0 amide bonds. The Morgan fingerprint density at radius 3 is 2.24 bits per heavy atom. The number of hydrogen-bond acceptors (Lipinski definition) is 3. The zero-order valence-corrected chi connectivity index (χ0v) is 22.1. The van der Waals surface area contributed by atoms with Crippen molar-refractivity contribution in [3.8, 4) is 0 Å². The van der Waals surface area contributed by atoms with E-state index in [1.807, 2.05) is 0 Å². The molecule has 5 rings (SSSR count). The van der Waals surface area contributed by atoms with Gasteiger partial charge in [0.15, 0.2) is 5.78 Å². The van der Waals surface area contributed by atoms with Crippen LogP contribution in [-0.4, -0.2) is 23.3 Å². The molecule has 3 nitrogen and oxygen atoms in total.